The number of thiazole rings is 1. The van der Waals surface area contributed by atoms with Gasteiger partial charge in [0.05, 0.1) is 14.2 Å². The Bertz CT molecular complexity index is 742. The highest BCUT2D eigenvalue weighted by atomic mass is 32.1. The topological polar surface area (TPSA) is 86.2 Å². The van der Waals surface area contributed by atoms with Crippen LogP contribution < -0.4 is 14.8 Å². The first kappa shape index (κ1) is 18.9. The molecule has 0 unspecified atom stereocenters. The maximum atomic E-state index is 13.1. The van der Waals surface area contributed by atoms with E-state index in [-0.39, 0.29) is 33.8 Å². The molecular weight excluding hydrogens is 361 g/mol. The van der Waals surface area contributed by atoms with Gasteiger partial charge in [-0.2, -0.15) is 13.2 Å². The quantitative estimate of drug-likeness (QED) is 0.833. The van der Waals surface area contributed by atoms with E-state index < -0.39 is 17.8 Å². The number of nitrogens with one attached hydrogen (secondary N) is 1. The fraction of sp³-hybridized carbons (Fsp3) is 0.429. The zero-order valence-electron chi connectivity index (χ0n) is 13.6. The van der Waals surface area contributed by atoms with Crippen LogP contribution in [0.5, 0.6) is 11.8 Å². The molecule has 0 spiro atoms. The Morgan fingerprint density at radius 2 is 1.84 bits per heavy atom. The van der Waals surface area contributed by atoms with Crippen molar-refractivity contribution in [2.24, 2.45) is 0 Å². The molecule has 0 radical (unpaired) electrons. The minimum Gasteiger partial charge on any atom is -0.480 e. The third-order valence-electron chi connectivity index (χ3n) is 3.05. The van der Waals surface area contributed by atoms with Gasteiger partial charge in [0, 0.05) is 4.88 Å². The number of carbonyl (C=O) groups excluding carboxylic acids is 1. The van der Waals surface area contributed by atoms with Gasteiger partial charge in [0.25, 0.3) is 5.91 Å². The molecule has 7 nitrogen and oxygen atoms in total. The summed E-state index contributed by atoms with van der Waals surface area (Å²) >= 11 is 0.775. The summed E-state index contributed by atoms with van der Waals surface area (Å²) in [7, 11) is 2.59. The molecular formula is C14H15F3N4O3S. The van der Waals surface area contributed by atoms with Gasteiger partial charge in [-0.1, -0.05) is 13.3 Å². The van der Waals surface area contributed by atoms with Gasteiger partial charge in [-0.25, -0.2) is 15.0 Å². The lowest BCUT2D eigenvalue weighted by Gasteiger charge is -2.09. The fourth-order valence-corrected chi connectivity index (χ4v) is 3.12. The summed E-state index contributed by atoms with van der Waals surface area (Å²) in [6.45, 7) is 1.76. The summed E-state index contributed by atoms with van der Waals surface area (Å²) in [6, 6.07) is 0. The predicted octanol–water partition coefficient (Wildman–Crippen LogP) is 3.17. The van der Waals surface area contributed by atoms with Gasteiger partial charge in [0.15, 0.2) is 16.4 Å². The number of nitrogens with zero attached hydrogens (tertiary/aromatic N) is 3. The number of anilines is 1. The molecule has 136 valence electrons. The average Bonchev–Trinajstić information content (AvgIpc) is 2.97. The third kappa shape index (κ3) is 4.16. The minimum absolute atomic E-state index is 0.0635. The molecule has 1 N–H and O–H groups in total. The number of alkyl halides is 3. The van der Waals surface area contributed by atoms with Crippen molar-refractivity contribution in [1.29, 1.82) is 0 Å². The van der Waals surface area contributed by atoms with Gasteiger partial charge in [-0.15, -0.1) is 11.3 Å². The molecule has 2 aromatic heterocycles. The number of hydrogen-bond donors (Lipinski definition) is 1. The smallest absolute Gasteiger partial charge is 0.434 e. The van der Waals surface area contributed by atoms with Crippen LogP contribution in [-0.4, -0.2) is 35.1 Å². The van der Waals surface area contributed by atoms with Gasteiger partial charge in [-0.3, -0.25) is 10.1 Å². The standard InChI is InChI=1S/C14H15F3N4O3S/c1-4-5-7-9(14(15,16)17)20-13(25-7)21-10(22)8-11(23-2)18-6-19-12(8)24-3/h6H,4-5H2,1-3H3,(H,20,21,22). The van der Waals surface area contributed by atoms with Crippen molar-refractivity contribution in [2.45, 2.75) is 25.9 Å². The molecule has 1 amide bonds. The van der Waals surface area contributed by atoms with Crippen molar-refractivity contribution >= 4 is 22.4 Å². The minimum atomic E-state index is -4.59. The van der Waals surface area contributed by atoms with Gasteiger partial charge in [0.2, 0.25) is 11.8 Å². The highest BCUT2D eigenvalue weighted by Crippen LogP contribution is 2.37. The fourth-order valence-electron chi connectivity index (χ4n) is 2.04. The molecule has 0 aliphatic rings. The second-order valence-corrected chi connectivity index (χ2v) is 5.84. The van der Waals surface area contributed by atoms with Crippen molar-refractivity contribution in [3.63, 3.8) is 0 Å². The van der Waals surface area contributed by atoms with Gasteiger partial charge in [-0.05, 0) is 6.42 Å². The number of ether oxygens (including phenoxy) is 2. The Morgan fingerprint density at radius 1 is 1.24 bits per heavy atom. The van der Waals surface area contributed by atoms with E-state index in [0.29, 0.717) is 6.42 Å². The molecule has 0 aliphatic heterocycles. The molecule has 0 saturated carbocycles. The Hall–Kier alpha value is -2.43. The van der Waals surface area contributed by atoms with Gasteiger partial charge >= 0.3 is 6.18 Å². The maximum Gasteiger partial charge on any atom is 0.434 e. The summed E-state index contributed by atoms with van der Waals surface area (Å²) in [6.07, 6.45) is -2.72. The van der Waals surface area contributed by atoms with E-state index in [2.05, 4.69) is 20.3 Å². The second kappa shape index (κ2) is 7.64. The summed E-state index contributed by atoms with van der Waals surface area (Å²) < 4.78 is 49.1. The second-order valence-electron chi connectivity index (χ2n) is 4.76. The van der Waals surface area contributed by atoms with Crippen LogP contribution in [0.3, 0.4) is 0 Å². The molecule has 2 heterocycles. The third-order valence-corrected chi connectivity index (χ3v) is 4.09. The van der Waals surface area contributed by atoms with Crippen LogP contribution in [0.25, 0.3) is 0 Å². The molecule has 2 aromatic rings. The summed E-state index contributed by atoms with van der Waals surface area (Å²) in [5, 5.41) is 2.15. The van der Waals surface area contributed by atoms with Crippen molar-refractivity contribution in [3.05, 3.63) is 22.5 Å². The van der Waals surface area contributed by atoms with Crippen LogP contribution in [0.2, 0.25) is 0 Å². The molecule has 0 bridgehead atoms. The molecule has 0 atom stereocenters. The molecule has 0 fully saturated rings. The van der Waals surface area contributed by atoms with E-state index in [1.165, 1.54) is 14.2 Å². The van der Waals surface area contributed by atoms with Crippen LogP contribution in [0.4, 0.5) is 18.3 Å². The van der Waals surface area contributed by atoms with Gasteiger partial charge in [0.1, 0.15) is 6.33 Å². The first-order valence-corrected chi connectivity index (χ1v) is 7.94. The highest BCUT2D eigenvalue weighted by molar-refractivity contribution is 7.15. The van der Waals surface area contributed by atoms with Crippen LogP contribution in [-0.2, 0) is 12.6 Å². The van der Waals surface area contributed by atoms with Crippen molar-refractivity contribution in [3.8, 4) is 11.8 Å². The first-order valence-electron chi connectivity index (χ1n) is 7.13. The number of amides is 1. The van der Waals surface area contributed by atoms with E-state index in [1.807, 2.05) is 0 Å². The van der Waals surface area contributed by atoms with Crippen LogP contribution in [0.1, 0.15) is 34.3 Å². The average molecular weight is 376 g/mol. The van der Waals surface area contributed by atoms with E-state index in [9.17, 15) is 18.0 Å². The number of rotatable bonds is 6. The Kier molecular flexibility index (Phi) is 5.77. The normalized spacial score (nSPS) is 11.3. The van der Waals surface area contributed by atoms with Crippen molar-refractivity contribution in [1.82, 2.24) is 15.0 Å². The SMILES string of the molecule is CCCc1sc(NC(=O)c2c(OC)ncnc2OC)nc1C(F)(F)F. The number of methoxy groups -OCH3 is 2. The summed E-state index contributed by atoms with van der Waals surface area (Å²) in [5.41, 5.74) is -1.12. The number of aromatic nitrogens is 3. The first-order chi connectivity index (χ1) is 11.8. The lowest BCUT2D eigenvalue weighted by molar-refractivity contribution is -0.141. The zero-order valence-corrected chi connectivity index (χ0v) is 14.4. The van der Waals surface area contributed by atoms with Crippen molar-refractivity contribution < 1.29 is 27.4 Å². The molecule has 2 rings (SSSR count). The monoisotopic (exact) mass is 376 g/mol. The lowest BCUT2D eigenvalue weighted by atomic mass is 10.2. The Morgan fingerprint density at radius 3 is 2.32 bits per heavy atom. The van der Waals surface area contributed by atoms with Gasteiger partial charge < -0.3 is 9.47 Å². The van der Waals surface area contributed by atoms with Crippen LogP contribution in [0, 0.1) is 0 Å². The molecule has 0 aromatic carbocycles. The summed E-state index contributed by atoms with van der Waals surface area (Å²) in [4.78, 5) is 23.6. The lowest BCUT2D eigenvalue weighted by Crippen LogP contribution is -2.16. The number of aryl methyl sites for hydroxylation is 1. The molecule has 11 heteroatoms. The van der Waals surface area contributed by atoms with E-state index in [1.54, 1.807) is 6.92 Å². The number of halogens is 3. The highest BCUT2D eigenvalue weighted by Gasteiger charge is 2.37. The maximum absolute atomic E-state index is 13.1. The molecule has 25 heavy (non-hydrogen) atoms. The Labute approximate surface area is 145 Å². The molecule has 0 saturated heterocycles. The predicted molar refractivity (Wildman–Crippen MR) is 84.2 cm³/mol. The van der Waals surface area contributed by atoms with Crippen molar-refractivity contribution in [2.75, 3.05) is 19.5 Å². The largest absolute Gasteiger partial charge is 0.480 e. The van der Waals surface area contributed by atoms with E-state index in [4.69, 9.17) is 9.47 Å². The van der Waals surface area contributed by atoms with E-state index in [0.717, 1.165) is 17.7 Å². The number of hydrogen-bond acceptors (Lipinski definition) is 7. The Balaban J connectivity index is 2.36. The van der Waals surface area contributed by atoms with Crippen LogP contribution in [0.15, 0.2) is 6.33 Å². The summed E-state index contributed by atoms with van der Waals surface area (Å²) in [5.74, 6) is -0.906. The number of carbonyl (C=O) groups is 1. The molecule has 0 aliphatic carbocycles. The van der Waals surface area contributed by atoms with Crippen LogP contribution >= 0.6 is 11.3 Å². The zero-order chi connectivity index (χ0) is 18.6. The van der Waals surface area contributed by atoms with E-state index >= 15 is 0 Å².